The normalized spacial score (nSPS) is 12.7. The number of benzene rings is 2. The molecule has 2 aromatic carbocycles. The molecule has 1 N–H and O–H groups in total. The molecule has 1 unspecified atom stereocenters. The molecule has 0 fully saturated rings. The Balaban J connectivity index is 2.21. The minimum Gasteiger partial charge on any atom is -0.306 e. The van der Waals surface area contributed by atoms with E-state index in [2.05, 4.69) is 30.6 Å². The second-order valence-electron chi connectivity index (χ2n) is 5.14. The van der Waals surface area contributed by atoms with Gasteiger partial charge >= 0.3 is 0 Å². The average molecular weight is 299 g/mol. The molecule has 0 spiro atoms. The van der Waals surface area contributed by atoms with Crippen LogP contribution >= 0.6 is 11.3 Å². The van der Waals surface area contributed by atoms with Crippen molar-refractivity contribution >= 4 is 22.1 Å². The Morgan fingerprint density at radius 2 is 1.86 bits per heavy atom. The van der Waals surface area contributed by atoms with E-state index in [1.807, 2.05) is 30.3 Å². The number of hydrogen-bond donors (Lipinski definition) is 1. The number of thiophene rings is 1. The summed E-state index contributed by atoms with van der Waals surface area (Å²) in [5.74, 6) is -0.160. The Bertz CT molecular complexity index is 763. The maximum Gasteiger partial charge on any atom is 0.131 e. The van der Waals surface area contributed by atoms with E-state index in [1.54, 1.807) is 17.4 Å². The highest BCUT2D eigenvalue weighted by Crippen LogP contribution is 2.34. The summed E-state index contributed by atoms with van der Waals surface area (Å²) in [7, 11) is 0. The fraction of sp³-hybridized carbons (Fsp3) is 0.222. The summed E-state index contributed by atoms with van der Waals surface area (Å²) in [5, 5.41) is 7.32. The first-order chi connectivity index (χ1) is 10.2. The molecule has 1 aromatic heterocycles. The van der Waals surface area contributed by atoms with Crippen LogP contribution in [0.4, 0.5) is 4.39 Å². The molecule has 0 aliphatic rings. The second-order valence-corrected chi connectivity index (χ2v) is 6.09. The van der Waals surface area contributed by atoms with Crippen LogP contribution in [0.25, 0.3) is 10.8 Å². The molecule has 3 heteroatoms. The molecule has 1 nitrogen and oxygen atoms in total. The summed E-state index contributed by atoms with van der Waals surface area (Å²) in [6.07, 6.45) is 0. The molecule has 3 rings (SSSR count). The first-order valence-corrected chi connectivity index (χ1v) is 8.05. The molecule has 0 saturated carbocycles. The summed E-state index contributed by atoms with van der Waals surface area (Å²) in [4.78, 5) is 1.30. The van der Waals surface area contributed by atoms with Gasteiger partial charge in [-0.05, 0) is 47.5 Å². The molecule has 0 aliphatic carbocycles. The van der Waals surface area contributed by atoms with Gasteiger partial charge in [-0.2, -0.15) is 0 Å². The van der Waals surface area contributed by atoms with E-state index in [-0.39, 0.29) is 11.9 Å². The van der Waals surface area contributed by atoms with E-state index in [1.165, 1.54) is 10.4 Å². The van der Waals surface area contributed by atoms with E-state index in [4.69, 9.17) is 0 Å². The molecule has 0 amide bonds. The van der Waals surface area contributed by atoms with Crippen molar-refractivity contribution in [3.8, 4) is 0 Å². The SMILES string of the molecule is CCNC(c1sccc1C)c1ccc(F)c2ccccc12. The van der Waals surface area contributed by atoms with Crippen molar-refractivity contribution in [1.29, 1.82) is 0 Å². The maximum atomic E-state index is 14.0. The molecule has 0 saturated heterocycles. The molecule has 0 bridgehead atoms. The molecule has 1 heterocycles. The van der Waals surface area contributed by atoms with Gasteiger partial charge in [0.05, 0.1) is 6.04 Å². The summed E-state index contributed by atoms with van der Waals surface area (Å²) in [6.45, 7) is 5.09. The molecule has 21 heavy (non-hydrogen) atoms. The highest BCUT2D eigenvalue weighted by atomic mass is 32.1. The van der Waals surface area contributed by atoms with Crippen molar-refractivity contribution in [3.05, 3.63) is 69.7 Å². The van der Waals surface area contributed by atoms with Crippen molar-refractivity contribution in [2.24, 2.45) is 0 Å². The minimum absolute atomic E-state index is 0.112. The standard InChI is InChI=1S/C18H18FNS/c1-3-20-17(18-12(2)10-11-21-18)15-8-9-16(19)14-7-5-4-6-13(14)15/h4-11,17,20H,3H2,1-2H3. The maximum absolute atomic E-state index is 14.0. The quantitative estimate of drug-likeness (QED) is 0.711. The van der Waals surface area contributed by atoms with E-state index < -0.39 is 0 Å². The molecule has 1 atom stereocenters. The number of rotatable bonds is 4. The topological polar surface area (TPSA) is 12.0 Å². The van der Waals surface area contributed by atoms with Gasteiger partial charge in [-0.25, -0.2) is 4.39 Å². The number of nitrogens with one attached hydrogen (secondary N) is 1. The molecular formula is C18H18FNS. The van der Waals surface area contributed by atoms with E-state index in [9.17, 15) is 4.39 Å². The third kappa shape index (κ3) is 2.59. The third-order valence-electron chi connectivity index (χ3n) is 3.79. The van der Waals surface area contributed by atoms with Gasteiger partial charge in [0, 0.05) is 10.3 Å². The fourth-order valence-corrected chi connectivity index (χ4v) is 3.78. The van der Waals surface area contributed by atoms with Crippen molar-refractivity contribution in [3.63, 3.8) is 0 Å². The van der Waals surface area contributed by atoms with E-state index >= 15 is 0 Å². The van der Waals surface area contributed by atoms with Crippen LogP contribution < -0.4 is 5.32 Å². The first kappa shape index (κ1) is 14.2. The molecule has 0 aliphatic heterocycles. The lowest BCUT2D eigenvalue weighted by molar-refractivity contribution is 0.628. The zero-order valence-corrected chi connectivity index (χ0v) is 13.0. The Kier molecular flexibility index (Phi) is 4.04. The van der Waals surface area contributed by atoms with Gasteiger partial charge in [0.2, 0.25) is 0 Å². The van der Waals surface area contributed by atoms with Crippen LogP contribution in [0.5, 0.6) is 0 Å². The largest absolute Gasteiger partial charge is 0.306 e. The molecule has 108 valence electrons. The molecular weight excluding hydrogens is 281 g/mol. The number of halogens is 1. The second kappa shape index (κ2) is 5.96. The smallest absolute Gasteiger partial charge is 0.131 e. The van der Waals surface area contributed by atoms with Crippen LogP contribution in [-0.4, -0.2) is 6.54 Å². The molecule has 0 radical (unpaired) electrons. The van der Waals surface area contributed by atoms with Crippen LogP contribution in [0, 0.1) is 12.7 Å². The van der Waals surface area contributed by atoms with Crippen LogP contribution in [-0.2, 0) is 0 Å². The Morgan fingerprint density at radius 3 is 2.52 bits per heavy atom. The summed E-state index contributed by atoms with van der Waals surface area (Å²) < 4.78 is 14.0. The minimum atomic E-state index is -0.160. The predicted molar refractivity (Wildman–Crippen MR) is 88.5 cm³/mol. The zero-order chi connectivity index (χ0) is 14.8. The monoisotopic (exact) mass is 299 g/mol. The van der Waals surface area contributed by atoms with E-state index in [0.717, 1.165) is 17.5 Å². The first-order valence-electron chi connectivity index (χ1n) is 7.17. The van der Waals surface area contributed by atoms with Gasteiger partial charge in [0.25, 0.3) is 0 Å². The van der Waals surface area contributed by atoms with Crippen molar-refractivity contribution in [2.45, 2.75) is 19.9 Å². The Labute approximate surface area is 128 Å². The molecule has 3 aromatic rings. The average Bonchev–Trinajstić information content (AvgIpc) is 2.92. The van der Waals surface area contributed by atoms with Crippen molar-refractivity contribution < 1.29 is 4.39 Å². The van der Waals surface area contributed by atoms with Crippen LogP contribution in [0.1, 0.15) is 29.0 Å². The highest BCUT2D eigenvalue weighted by Gasteiger charge is 2.19. The van der Waals surface area contributed by atoms with Crippen LogP contribution in [0.2, 0.25) is 0 Å². The lowest BCUT2D eigenvalue weighted by Crippen LogP contribution is -2.22. The van der Waals surface area contributed by atoms with Gasteiger partial charge in [-0.15, -0.1) is 11.3 Å². The summed E-state index contributed by atoms with van der Waals surface area (Å²) >= 11 is 1.75. The van der Waals surface area contributed by atoms with Crippen molar-refractivity contribution in [1.82, 2.24) is 5.32 Å². The Morgan fingerprint density at radius 1 is 1.10 bits per heavy atom. The summed E-state index contributed by atoms with van der Waals surface area (Å²) in [6, 6.07) is 13.4. The van der Waals surface area contributed by atoms with Gasteiger partial charge in [-0.1, -0.05) is 37.3 Å². The predicted octanol–water partition coefficient (Wildman–Crippen LogP) is 5.05. The number of fused-ring (bicyclic) bond motifs is 1. The third-order valence-corrected chi connectivity index (χ3v) is 4.87. The number of aryl methyl sites for hydroxylation is 1. The van der Waals surface area contributed by atoms with Crippen molar-refractivity contribution in [2.75, 3.05) is 6.54 Å². The highest BCUT2D eigenvalue weighted by molar-refractivity contribution is 7.10. The lowest BCUT2D eigenvalue weighted by atomic mass is 9.96. The van der Waals surface area contributed by atoms with E-state index in [0.29, 0.717) is 5.39 Å². The van der Waals surface area contributed by atoms with Crippen LogP contribution in [0.15, 0.2) is 47.8 Å². The Hall–Kier alpha value is -1.71. The lowest BCUT2D eigenvalue weighted by Gasteiger charge is -2.20. The van der Waals surface area contributed by atoms with Gasteiger partial charge in [0.1, 0.15) is 5.82 Å². The summed E-state index contributed by atoms with van der Waals surface area (Å²) in [5.41, 5.74) is 2.42. The van der Waals surface area contributed by atoms with Gasteiger partial charge in [-0.3, -0.25) is 0 Å². The van der Waals surface area contributed by atoms with Gasteiger partial charge < -0.3 is 5.32 Å². The van der Waals surface area contributed by atoms with Crippen LogP contribution in [0.3, 0.4) is 0 Å². The van der Waals surface area contributed by atoms with Gasteiger partial charge in [0.15, 0.2) is 0 Å². The fourth-order valence-electron chi connectivity index (χ4n) is 2.77. The zero-order valence-electron chi connectivity index (χ0n) is 12.2. The number of hydrogen-bond acceptors (Lipinski definition) is 2.